The topological polar surface area (TPSA) is 9.23 Å². The quantitative estimate of drug-likeness (QED) is 0.587. The summed E-state index contributed by atoms with van der Waals surface area (Å²) < 4.78 is 7.70. The highest BCUT2D eigenvalue weighted by Gasteiger charge is 2.08. The summed E-state index contributed by atoms with van der Waals surface area (Å²) in [7, 11) is 0. The second-order valence-electron chi connectivity index (χ2n) is 2.65. The molecule has 0 heterocycles. The largest absolute Gasteiger partial charge is 0.373 e. The van der Waals surface area contributed by atoms with Crippen LogP contribution in [0.3, 0.4) is 0 Å². The molecule has 0 radical (unpaired) electrons. The highest BCUT2D eigenvalue weighted by Crippen LogP contribution is 2.21. The zero-order chi connectivity index (χ0) is 9.68. The van der Waals surface area contributed by atoms with Crippen molar-refractivity contribution in [2.75, 3.05) is 11.0 Å². The normalized spacial score (nSPS) is 12.8. The first-order valence-electron chi connectivity index (χ1n) is 4.21. The molecule has 1 nitrogen and oxygen atoms in total. The maximum Gasteiger partial charge on any atom is 0.0914 e. The van der Waals surface area contributed by atoms with Crippen LogP contribution in [0.25, 0.3) is 0 Å². The van der Waals surface area contributed by atoms with Gasteiger partial charge in [0.1, 0.15) is 0 Å². The Hall–Kier alpha value is 0.390. The predicted octanol–water partition coefficient (Wildman–Crippen LogP) is 3.96. The van der Waals surface area contributed by atoms with Crippen molar-refractivity contribution in [1.82, 2.24) is 0 Å². The zero-order valence-electron chi connectivity index (χ0n) is 7.47. The van der Waals surface area contributed by atoms with E-state index in [-0.39, 0.29) is 6.10 Å². The zero-order valence-corrected chi connectivity index (χ0v) is 11.2. The fourth-order valence-electron chi connectivity index (χ4n) is 1.11. The number of hydrogen-bond acceptors (Lipinski definition) is 1. The van der Waals surface area contributed by atoms with E-state index in [0.29, 0.717) is 0 Å². The smallest absolute Gasteiger partial charge is 0.0914 e. The van der Waals surface area contributed by atoms with Gasteiger partial charge in [0.05, 0.1) is 6.10 Å². The lowest BCUT2D eigenvalue weighted by molar-refractivity contribution is 0.0819. The number of ether oxygens (including phenoxy) is 1. The van der Waals surface area contributed by atoms with Gasteiger partial charge < -0.3 is 4.74 Å². The first kappa shape index (κ1) is 11.5. The van der Waals surface area contributed by atoms with Crippen LogP contribution in [0.1, 0.15) is 18.6 Å². The number of hydrogen-bond donors (Lipinski definition) is 0. The van der Waals surface area contributed by atoms with Crippen molar-refractivity contribution in [3.05, 3.63) is 34.3 Å². The molecule has 0 aliphatic heterocycles. The molecule has 1 aromatic carbocycles. The summed E-state index contributed by atoms with van der Waals surface area (Å²) in [4.78, 5) is 0. The molecule has 0 fully saturated rings. The van der Waals surface area contributed by atoms with Gasteiger partial charge in [0.25, 0.3) is 0 Å². The van der Waals surface area contributed by atoms with Gasteiger partial charge >= 0.3 is 0 Å². The SMILES string of the molecule is CCOC(CI)c1ccc(Br)cc1. The summed E-state index contributed by atoms with van der Waals surface area (Å²) in [5, 5.41) is 0. The van der Waals surface area contributed by atoms with Crippen LogP contribution in [0, 0.1) is 0 Å². The molecule has 0 aliphatic rings. The Bertz CT molecular complexity index is 248. The number of alkyl halides is 1. The van der Waals surface area contributed by atoms with Crippen LogP contribution in [0.4, 0.5) is 0 Å². The minimum Gasteiger partial charge on any atom is -0.373 e. The third-order valence-corrected chi connectivity index (χ3v) is 3.08. The molecule has 0 amide bonds. The van der Waals surface area contributed by atoms with Gasteiger partial charge in [-0.15, -0.1) is 0 Å². The Balaban J connectivity index is 2.73. The number of rotatable bonds is 4. The molecule has 0 aromatic heterocycles. The summed E-state index contributed by atoms with van der Waals surface area (Å²) in [5.74, 6) is 0. The van der Waals surface area contributed by atoms with Crippen molar-refractivity contribution in [2.24, 2.45) is 0 Å². The van der Waals surface area contributed by atoms with Gasteiger partial charge in [0, 0.05) is 15.5 Å². The Morgan fingerprint density at radius 2 is 2.00 bits per heavy atom. The van der Waals surface area contributed by atoms with Gasteiger partial charge in [-0.05, 0) is 24.6 Å². The minimum absolute atomic E-state index is 0.235. The van der Waals surface area contributed by atoms with Crippen molar-refractivity contribution in [3.63, 3.8) is 0 Å². The molecule has 0 bridgehead atoms. The van der Waals surface area contributed by atoms with Crippen LogP contribution in [0.2, 0.25) is 0 Å². The van der Waals surface area contributed by atoms with E-state index in [1.807, 2.05) is 19.1 Å². The fourth-order valence-corrected chi connectivity index (χ4v) is 2.14. The molecule has 0 N–H and O–H groups in total. The first-order chi connectivity index (χ1) is 6.27. The Labute approximate surface area is 101 Å². The molecule has 1 aromatic rings. The van der Waals surface area contributed by atoms with E-state index in [2.05, 4.69) is 50.7 Å². The van der Waals surface area contributed by atoms with E-state index in [1.165, 1.54) is 5.56 Å². The van der Waals surface area contributed by atoms with Gasteiger partial charge in [0.15, 0.2) is 0 Å². The average molecular weight is 355 g/mol. The van der Waals surface area contributed by atoms with E-state index in [4.69, 9.17) is 4.74 Å². The van der Waals surface area contributed by atoms with Gasteiger partial charge in [0.2, 0.25) is 0 Å². The van der Waals surface area contributed by atoms with E-state index < -0.39 is 0 Å². The highest BCUT2D eigenvalue weighted by atomic mass is 127. The monoisotopic (exact) mass is 354 g/mol. The maximum atomic E-state index is 5.59. The van der Waals surface area contributed by atoms with E-state index in [9.17, 15) is 0 Å². The number of benzene rings is 1. The third-order valence-electron chi connectivity index (χ3n) is 1.75. The maximum absolute atomic E-state index is 5.59. The third kappa shape index (κ3) is 3.56. The molecule has 1 rings (SSSR count). The van der Waals surface area contributed by atoms with Crippen molar-refractivity contribution in [3.8, 4) is 0 Å². The summed E-state index contributed by atoms with van der Waals surface area (Å²) in [6.45, 7) is 2.79. The molecule has 1 unspecified atom stereocenters. The predicted molar refractivity (Wildman–Crippen MR) is 67.4 cm³/mol. The van der Waals surface area contributed by atoms with Crippen LogP contribution in [0.5, 0.6) is 0 Å². The van der Waals surface area contributed by atoms with E-state index in [1.54, 1.807) is 0 Å². The lowest BCUT2D eigenvalue weighted by Gasteiger charge is -2.14. The molecule has 1 atom stereocenters. The Morgan fingerprint density at radius 1 is 1.38 bits per heavy atom. The van der Waals surface area contributed by atoms with Gasteiger partial charge in [-0.25, -0.2) is 0 Å². The van der Waals surface area contributed by atoms with Gasteiger partial charge in [-0.1, -0.05) is 50.7 Å². The highest BCUT2D eigenvalue weighted by molar-refractivity contribution is 14.1. The fraction of sp³-hybridized carbons (Fsp3) is 0.400. The molecule has 0 saturated carbocycles. The molecule has 0 spiro atoms. The standard InChI is InChI=1S/C10H12BrIO/c1-2-13-10(7-12)8-3-5-9(11)6-4-8/h3-6,10H,2,7H2,1H3. The van der Waals surface area contributed by atoms with Crippen LogP contribution in [-0.4, -0.2) is 11.0 Å². The summed E-state index contributed by atoms with van der Waals surface area (Å²) in [6.07, 6.45) is 0.235. The Kier molecular flexibility index (Phi) is 5.28. The van der Waals surface area contributed by atoms with Crippen LogP contribution in [-0.2, 0) is 4.74 Å². The van der Waals surface area contributed by atoms with Crippen molar-refractivity contribution >= 4 is 38.5 Å². The van der Waals surface area contributed by atoms with Crippen molar-refractivity contribution < 1.29 is 4.74 Å². The van der Waals surface area contributed by atoms with Gasteiger partial charge in [-0.3, -0.25) is 0 Å². The average Bonchev–Trinajstić information content (AvgIpc) is 2.16. The minimum atomic E-state index is 0.235. The number of halogens is 2. The van der Waals surface area contributed by atoms with Gasteiger partial charge in [-0.2, -0.15) is 0 Å². The van der Waals surface area contributed by atoms with Crippen molar-refractivity contribution in [2.45, 2.75) is 13.0 Å². The summed E-state index contributed by atoms with van der Waals surface area (Å²) in [6, 6.07) is 8.30. The molecule has 13 heavy (non-hydrogen) atoms. The summed E-state index contributed by atoms with van der Waals surface area (Å²) in [5.41, 5.74) is 1.25. The second-order valence-corrected chi connectivity index (χ2v) is 4.45. The van der Waals surface area contributed by atoms with Crippen LogP contribution in [0.15, 0.2) is 28.7 Å². The van der Waals surface area contributed by atoms with Crippen molar-refractivity contribution in [1.29, 1.82) is 0 Å². The van der Waals surface area contributed by atoms with Crippen LogP contribution >= 0.6 is 38.5 Å². The van der Waals surface area contributed by atoms with E-state index >= 15 is 0 Å². The van der Waals surface area contributed by atoms with E-state index in [0.717, 1.165) is 15.5 Å². The second kappa shape index (κ2) is 5.98. The first-order valence-corrected chi connectivity index (χ1v) is 6.52. The molecule has 72 valence electrons. The molecule has 0 saturated heterocycles. The molecular weight excluding hydrogens is 343 g/mol. The van der Waals surface area contributed by atoms with Crippen LogP contribution < -0.4 is 0 Å². The molecule has 0 aliphatic carbocycles. The molecular formula is C10H12BrIO. The lowest BCUT2D eigenvalue weighted by Crippen LogP contribution is -2.04. The Morgan fingerprint density at radius 3 is 2.46 bits per heavy atom. The summed E-state index contributed by atoms with van der Waals surface area (Å²) >= 11 is 5.76. The molecule has 3 heteroatoms. The lowest BCUT2D eigenvalue weighted by atomic mass is 10.1.